The third-order valence-electron chi connectivity index (χ3n) is 5.95. The molecule has 2 atom stereocenters. The highest BCUT2D eigenvalue weighted by Gasteiger charge is 2.45. The van der Waals surface area contributed by atoms with Crippen molar-refractivity contribution in [3.8, 4) is 5.75 Å². The summed E-state index contributed by atoms with van der Waals surface area (Å²) in [5, 5.41) is 2.96. The van der Waals surface area contributed by atoms with E-state index < -0.39 is 6.04 Å². The van der Waals surface area contributed by atoms with E-state index in [1.165, 1.54) is 0 Å². The fourth-order valence-corrected chi connectivity index (χ4v) is 4.22. The van der Waals surface area contributed by atoms with Crippen molar-refractivity contribution < 1.29 is 14.3 Å². The van der Waals surface area contributed by atoms with Crippen molar-refractivity contribution in [2.75, 3.05) is 18.0 Å². The SMILES string of the molecule is O=C1[C@@H]2C[C@@H](CN2C(=O)NCc2ccccc2)Oc2ccccc2N1CC1CC1. The van der Waals surface area contributed by atoms with Crippen LogP contribution in [0.5, 0.6) is 5.75 Å². The van der Waals surface area contributed by atoms with Crippen LogP contribution < -0.4 is 15.0 Å². The molecule has 1 aliphatic carbocycles. The average Bonchev–Trinajstić information content (AvgIpc) is 3.47. The highest BCUT2D eigenvalue weighted by Crippen LogP contribution is 2.39. The molecule has 2 aliphatic heterocycles. The maximum atomic E-state index is 13.5. The summed E-state index contributed by atoms with van der Waals surface area (Å²) < 4.78 is 6.24. The second-order valence-electron chi connectivity index (χ2n) is 8.15. The van der Waals surface area contributed by atoms with Crippen LogP contribution in [0.3, 0.4) is 0 Å². The van der Waals surface area contributed by atoms with Crippen LogP contribution in [-0.4, -0.2) is 42.1 Å². The molecular formula is C23H25N3O3. The first-order chi connectivity index (χ1) is 14.2. The Morgan fingerprint density at radius 2 is 1.83 bits per heavy atom. The lowest BCUT2D eigenvalue weighted by atomic mass is 10.1. The molecule has 150 valence electrons. The summed E-state index contributed by atoms with van der Waals surface area (Å²) in [5.41, 5.74) is 1.86. The Morgan fingerprint density at radius 3 is 2.62 bits per heavy atom. The van der Waals surface area contributed by atoms with E-state index in [0.717, 1.165) is 29.8 Å². The predicted octanol–water partition coefficient (Wildman–Crippen LogP) is 3.17. The Bertz CT molecular complexity index is 913. The zero-order chi connectivity index (χ0) is 19.8. The minimum Gasteiger partial charge on any atom is -0.486 e. The third kappa shape index (κ3) is 3.67. The first-order valence-electron chi connectivity index (χ1n) is 10.3. The molecule has 0 unspecified atom stereocenters. The lowest BCUT2D eigenvalue weighted by molar-refractivity contribution is -0.122. The van der Waals surface area contributed by atoms with E-state index in [1.54, 1.807) is 4.90 Å². The number of ether oxygens (including phenoxy) is 1. The Kier molecular flexibility index (Phi) is 4.62. The number of hydrogen-bond donors (Lipinski definition) is 1. The van der Waals surface area contributed by atoms with Gasteiger partial charge in [-0.15, -0.1) is 0 Å². The van der Waals surface area contributed by atoms with Crippen molar-refractivity contribution in [1.82, 2.24) is 10.2 Å². The molecule has 2 bridgehead atoms. The number of carbonyl (C=O) groups excluding carboxylic acids is 2. The van der Waals surface area contributed by atoms with Crippen LogP contribution in [0.4, 0.5) is 10.5 Å². The number of rotatable bonds is 4. The zero-order valence-electron chi connectivity index (χ0n) is 16.3. The summed E-state index contributed by atoms with van der Waals surface area (Å²) in [7, 11) is 0. The normalized spacial score (nSPS) is 23.1. The van der Waals surface area contributed by atoms with Gasteiger partial charge in [-0.3, -0.25) is 4.79 Å². The number of urea groups is 1. The molecule has 29 heavy (non-hydrogen) atoms. The molecule has 5 rings (SSSR count). The highest BCUT2D eigenvalue weighted by molar-refractivity contribution is 6.01. The summed E-state index contributed by atoms with van der Waals surface area (Å²) in [5.74, 6) is 1.28. The van der Waals surface area contributed by atoms with Crippen molar-refractivity contribution >= 4 is 17.6 Å². The quantitative estimate of drug-likeness (QED) is 0.871. The fraction of sp³-hybridized carbons (Fsp3) is 0.391. The molecule has 0 aromatic heterocycles. The van der Waals surface area contributed by atoms with Crippen LogP contribution in [-0.2, 0) is 11.3 Å². The maximum Gasteiger partial charge on any atom is 0.318 e. The van der Waals surface area contributed by atoms with E-state index in [0.29, 0.717) is 32.0 Å². The largest absolute Gasteiger partial charge is 0.486 e. The number of likely N-dealkylation sites (tertiary alicyclic amines) is 1. The molecule has 0 spiro atoms. The zero-order valence-corrected chi connectivity index (χ0v) is 16.3. The smallest absolute Gasteiger partial charge is 0.318 e. The Hall–Kier alpha value is -3.02. The fourth-order valence-electron chi connectivity index (χ4n) is 4.22. The van der Waals surface area contributed by atoms with Gasteiger partial charge in [-0.05, 0) is 36.5 Å². The molecular weight excluding hydrogens is 366 g/mol. The van der Waals surface area contributed by atoms with Gasteiger partial charge in [-0.2, -0.15) is 0 Å². The lowest BCUT2D eigenvalue weighted by Gasteiger charge is -2.31. The minimum atomic E-state index is -0.483. The summed E-state index contributed by atoms with van der Waals surface area (Å²) in [6.07, 6.45) is 2.67. The van der Waals surface area contributed by atoms with Crippen molar-refractivity contribution in [1.29, 1.82) is 0 Å². The van der Waals surface area contributed by atoms with Gasteiger partial charge in [0.15, 0.2) is 0 Å². The van der Waals surface area contributed by atoms with Crippen LogP contribution in [0, 0.1) is 5.92 Å². The van der Waals surface area contributed by atoms with Gasteiger partial charge >= 0.3 is 6.03 Å². The van der Waals surface area contributed by atoms with Gasteiger partial charge in [0.25, 0.3) is 0 Å². The van der Waals surface area contributed by atoms with Crippen LogP contribution >= 0.6 is 0 Å². The van der Waals surface area contributed by atoms with Gasteiger partial charge < -0.3 is 19.9 Å². The second-order valence-corrected chi connectivity index (χ2v) is 8.15. The maximum absolute atomic E-state index is 13.5. The monoisotopic (exact) mass is 391 g/mol. The number of fused-ring (bicyclic) bond motifs is 3. The summed E-state index contributed by atoms with van der Waals surface area (Å²) >= 11 is 0. The lowest BCUT2D eigenvalue weighted by Crippen LogP contribution is -2.51. The van der Waals surface area contributed by atoms with E-state index in [4.69, 9.17) is 4.74 Å². The van der Waals surface area contributed by atoms with Crippen molar-refractivity contribution in [3.63, 3.8) is 0 Å². The molecule has 1 N–H and O–H groups in total. The van der Waals surface area contributed by atoms with Gasteiger partial charge in [-0.1, -0.05) is 42.5 Å². The van der Waals surface area contributed by atoms with E-state index in [1.807, 2.05) is 59.5 Å². The van der Waals surface area contributed by atoms with Gasteiger partial charge in [0.1, 0.15) is 17.9 Å². The molecule has 6 nitrogen and oxygen atoms in total. The molecule has 1 saturated heterocycles. The number of carbonyl (C=O) groups is 2. The standard InChI is InChI=1S/C23H25N3O3/c27-22-20-12-18(15-26(20)23(28)24-13-16-6-2-1-3-7-16)29-21-9-5-4-8-19(21)25(22)14-17-10-11-17/h1-9,17-18,20H,10-15H2,(H,24,28)/t18-,20-/m0/s1. The Balaban J connectivity index is 1.37. The van der Waals surface area contributed by atoms with Gasteiger partial charge in [0.05, 0.1) is 12.2 Å². The second kappa shape index (κ2) is 7.43. The van der Waals surface area contributed by atoms with Crippen LogP contribution in [0.15, 0.2) is 54.6 Å². The summed E-state index contributed by atoms with van der Waals surface area (Å²) in [4.78, 5) is 30.0. The topological polar surface area (TPSA) is 61.9 Å². The average molecular weight is 391 g/mol. The Labute approximate surface area is 170 Å². The number of para-hydroxylation sites is 2. The number of nitrogens with zero attached hydrogens (tertiary/aromatic N) is 2. The first-order valence-corrected chi connectivity index (χ1v) is 10.3. The molecule has 1 saturated carbocycles. The molecule has 2 heterocycles. The number of amides is 3. The minimum absolute atomic E-state index is 0.00464. The van der Waals surface area contributed by atoms with E-state index in [-0.39, 0.29) is 18.0 Å². The van der Waals surface area contributed by atoms with E-state index in [9.17, 15) is 9.59 Å². The number of anilines is 1. The number of benzene rings is 2. The van der Waals surface area contributed by atoms with E-state index in [2.05, 4.69) is 5.32 Å². The molecule has 2 aromatic rings. The van der Waals surface area contributed by atoms with E-state index >= 15 is 0 Å². The predicted molar refractivity (Wildman–Crippen MR) is 110 cm³/mol. The van der Waals surface area contributed by atoms with Gasteiger partial charge in [0, 0.05) is 19.5 Å². The molecule has 0 radical (unpaired) electrons. The van der Waals surface area contributed by atoms with Crippen LogP contribution in [0.2, 0.25) is 0 Å². The van der Waals surface area contributed by atoms with Crippen molar-refractivity contribution in [2.24, 2.45) is 5.92 Å². The molecule has 6 heteroatoms. The molecule has 3 amide bonds. The van der Waals surface area contributed by atoms with Gasteiger partial charge in [-0.25, -0.2) is 4.79 Å². The third-order valence-corrected chi connectivity index (χ3v) is 5.95. The van der Waals surface area contributed by atoms with Crippen LogP contribution in [0.1, 0.15) is 24.8 Å². The number of nitrogens with one attached hydrogen (secondary N) is 1. The summed E-state index contributed by atoms with van der Waals surface area (Å²) in [6, 6.07) is 16.8. The molecule has 2 aromatic carbocycles. The molecule has 3 aliphatic rings. The van der Waals surface area contributed by atoms with Crippen molar-refractivity contribution in [3.05, 3.63) is 60.2 Å². The number of hydrogen-bond acceptors (Lipinski definition) is 3. The van der Waals surface area contributed by atoms with Gasteiger partial charge in [0.2, 0.25) is 5.91 Å². The first kappa shape index (κ1) is 18.0. The Morgan fingerprint density at radius 1 is 1.07 bits per heavy atom. The summed E-state index contributed by atoms with van der Waals surface area (Å²) in [6.45, 7) is 1.55. The molecule has 2 fully saturated rings. The van der Waals surface area contributed by atoms with Crippen LogP contribution in [0.25, 0.3) is 0 Å². The highest BCUT2D eigenvalue weighted by atomic mass is 16.5. The van der Waals surface area contributed by atoms with Crippen molar-refractivity contribution in [2.45, 2.75) is 38.0 Å².